The highest BCUT2D eigenvalue weighted by atomic mass is 16.2. The van der Waals surface area contributed by atoms with Gasteiger partial charge >= 0.3 is 5.69 Å². The van der Waals surface area contributed by atoms with Gasteiger partial charge in [0.1, 0.15) is 11.3 Å². The molecule has 0 spiro atoms. The highest BCUT2D eigenvalue weighted by Gasteiger charge is 2.12. The fourth-order valence-electron chi connectivity index (χ4n) is 1.98. The zero-order chi connectivity index (χ0) is 13.4. The molecule has 0 atom stereocenters. The van der Waals surface area contributed by atoms with Crippen LogP contribution in [0.1, 0.15) is 6.92 Å². The Labute approximate surface area is 107 Å². The smallest absolute Gasteiger partial charge is 0.330 e. The van der Waals surface area contributed by atoms with Crippen LogP contribution in [0.4, 0.5) is 0 Å². The van der Waals surface area contributed by atoms with Gasteiger partial charge in [-0.2, -0.15) is 0 Å². The minimum atomic E-state index is -0.461. The highest BCUT2D eigenvalue weighted by Crippen LogP contribution is 2.16. The average Bonchev–Trinajstić information content (AvgIpc) is 2.85. The number of nitrogens with one attached hydrogen (secondary N) is 2. The van der Waals surface area contributed by atoms with Crippen molar-refractivity contribution in [2.75, 3.05) is 0 Å². The molecule has 0 aliphatic carbocycles. The summed E-state index contributed by atoms with van der Waals surface area (Å²) >= 11 is 0. The number of aromatic amines is 2. The summed E-state index contributed by atoms with van der Waals surface area (Å²) in [5.74, 6) is 0.538. The average molecular weight is 257 g/mol. The van der Waals surface area contributed by atoms with Crippen LogP contribution < -0.4 is 11.2 Å². The molecule has 96 valence electrons. The van der Waals surface area contributed by atoms with Gasteiger partial charge in [0.2, 0.25) is 0 Å². The Kier molecular flexibility index (Phi) is 2.52. The van der Waals surface area contributed by atoms with Crippen molar-refractivity contribution < 1.29 is 0 Å². The summed E-state index contributed by atoms with van der Waals surface area (Å²) in [5.41, 5.74) is 0.558. The van der Waals surface area contributed by atoms with Crippen LogP contribution in [0, 0.1) is 0 Å². The quantitative estimate of drug-likeness (QED) is 0.698. The van der Waals surface area contributed by atoms with Crippen molar-refractivity contribution in [1.29, 1.82) is 0 Å². The first kappa shape index (κ1) is 11.4. The minimum Gasteiger partial charge on any atom is -0.332 e. The van der Waals surface area contributed by atoms with E-state index < -0.39 is 11.2 Å². The fourth-order valence-corrected chi connectivity index (χ4v) is 1.98. The van der Waals surface area contributed by atoms with E-state index in [1.54, 1.807) is 24.5 Å². The third kappa shape index (κ3) is 1.75. The summed E-state index contributed by atoms with van der Waals surface area (Å²) in [7, 11) is 0. The molecule has 0 unspecified atom stereocenters. The number of aryl methyl sites for hydroxylation is 1. The van der Waals surface area contributed by atoms with Gasteiger partial charge < -0.3 is 4.98 Å². The van der Waals surface area contributed by atoms with Crippen LogP contribution in [0.2, 0.25) is 0 Å². The molecule has 0 amide bonds. The molecular weight excluding hydrogens is 246 g/mol. The van der Waals surface area contributed by atoms with Gasteiger partial charge in [-0.1, -0.05) is 0 Å². The van der Waals surface area contributed by atoms with E-state index in [0.717, 1.165) is 5.56 Å². The molecule has 7 nitrogen and oxygen atoms in total. The van der Waals surface area contributed by atoms with Crippen LogP contribution in [0.3, 0.4) is 0 Å². The first-order valence-electron chi connectivity index (χ1n) is 5.84. The zero-order valence-electron chi connectivity index (χ0n) is 10.2. The number of H-pyrrole nitrogens is 2. The van der Waals surface area contributed by atoms with Gasteiger partial charge in [0.25, 0.3) is 5.56 Å². The highest BCUT2D eigenvalue weighted by molar-refractivity contribution is 5.75. The van der Waals surface area contributed by atoms with Gasteiger partial charge in [0.15, 0.2) is 5.65 Å². The monoisotopic (exact) mass is 257 g/mol. The van der Waals surface area contributed by atoms with Crippen LogP contribution in [0.25, 0.3) is 22.6 Å². The van der Waals surface area contributed by atoms with E-state index in [0.29, 0.717) is 23.5 Å². The number of imidazole rings is 1. The van der Waals surface area contributed by atoms with Crippen molar-refractivity contribution in [3.63, 3.8) is 0 Å². The van der Waals surface area contributed by atoms with E-state index in [2.05, 4.69) is 19.9 Å². The van der Waals surface area contributed by atoms with Crippen LogP contribution in [0.5, 0.6) is 0 Å². The molecule has 0 aliphatic heterocycles. The second kappa shape index (κ2) is 4.20. The topological polar surface area (TPSA) is 96.4 Å². The standard InChI is InChI=1S/C12H11N5O2/c1-2-17-10-8(11(18)16-12(17)19)14-9(15-10)7-3-5-13-6-4-7/h3-6H,2H2,1H3,(H,14,15)(H,16,18,19). The summed E-state index contributed by atoms with van der Waals surface area (Å²) in [5, 5.41) is 0. The Hall–Kier alpha value is -2.70. The first-order chi connectivity index (χ1) is 9.20. The first-order valence-corrected chi connectivity index (χ1v) is 5.84. The normalized spacial score (nSPS) is 11.0. The Morgan fingerprint density at radius 2 is 1.95 bits per heavy atom. The second-order valence-electron chi connectivity index (χ2n) is 4.02. The van der Waals surface area contributed by atoms with Gasteiger partial charge in [-0.25, -0.2) is 9.78 Å². The van der Waals surface area contributed by atoms with E-state index >= 15 is 0 Å². The molecule has 3 aromatic heterocycles. The number of aromatic nitrogens is 5. The minimum absolute atomic E-state index is 0.299. The predicted octanol–water partition coefficient (Wildman–Crippen LogP) is 0.495. The molecule has 2 N–H and O–H groups in total. The Morgan fingerprint density at radius 3 is 2.63 bits per heavy atom. The van der Waals surface area contributed by atoms with E-state index in [1.165, 1.54) is 4.57 Å². The van der Waals surface area contributed by atoms with Crippen LogP contribution in [0.15, 0.2) is 34.1 Å². The Bertz CT molecular complexity index is 844. The maximum absolute atomic E-state index is 11.8. The van der Waals surface area contributed by atoms with Crippen molar-refractivity contribution in [2.45, 2.75) is 13.5 Å². The molecule has 3 heterocycles. The summed E-state index contributed by atoms with van der Waals surface area (Å²) in [6.07, 6.45) is 3.28. The van der Waals surface area contributed by atoms with Crippen LogP contribution in [-0.4, -0.2) is 24.5 Å². The molecule has 3 aromatic rings. The SMILES string of the molecule is CCn1c(=O)[nH]c(=O)c2[nH]c(-c3ccncc3)nc21. The van der Waals surface area contributed by atoms with Crippen LogP contribution >= 0.6 is 0 Å². The molecule has 0 saturated carbocycles. The Balaban J connectivity index is 2.35. The lowest BCUT2D eigenvalue weighted by Gasteiger charge is -1.99. The van der Waals surface area contributed by atoms with E-state index in [9.17, 15) is 9.59 Å². The number of pyridine rings is 1. The third-order valence-corrected chi connectivity index (χ3v) is 2.90. The van der Waals surface area contributed by atoms with Gasteiger partial charge in [0.05, 0.1) is 0 Å². The lowest BCUT2D eigenvalue weighted by atomic mass is 10.3. The molecule has 0 saturated heterocycles. The lowest BCUT2D eigenvalue weighted by Crippen LogP contribution is -2.29. The molecular formula is C12H11N5O2. The van der Waals surface area contributed by atoms with Crippen molar-refractivity contribution >= 4 is 11.2 Å². The molecule has 19 heavy (non-hydrogen) atoms. The van der Waals surface area contributed by atoms with E-state index in [-0.39, 0.29) is 0 Å². The molecule has 3 rings (SSSR count). The molecule has 7 heteroatoms. The summed E-state index contributed by atoms with van der Waals surface area (Å²) in [6.45, 7) is 2.26. The molecule has 0 fully saturated rings. The number of hydrogen-bond donors (Lipinski definition) is 2. The largest absolute Gasteiger partial charge is 0.332 e. The predicted molar refractivity (Wildman–Crippen MR) is 69.9 cm³/mol. The number of nitrogens with zero attached hydrogens (tertiary/aromatic N) is 3. The van der Waals surface area contributed by atoms with E-state index in [1.807, 2.05) is 6.92 Å². The van der Waals surface area contributed by atoms with Crippen molar-refractivity contribution in [2.24, 2.45) is 0 Å². The summed E-state index contributed by atoms with van der Waals surface area (Å²) < 4.78 is 1.41. The Morgan fingerprint density at radius 1 is 1.21 bits per heavy atom. The van der Waals surface area contributed by atoms with Crippen LogP contribution in [-0.2, 0) is 6.54 Å². The number of hydrogen-bond acceptors (Lipinski definition) is 4. The summed E-state index contributed by atoms with van der Waals surface area (Å²) in [4.78, 5) is 36.9. The third-order valence-electron chi connectivity index (χ3n) is 2.90. The number of rotatable bonds is 2. The fraction of sp³-hybridized carbons (Fsp3) is 0.167. The van der Waals surface area contributed by atoms with Crippen molar-refractivity contribution in [3.8, 4) is 11.4 Å². The van der Waals surface area contributed by atoms with Crippen molar-refractivity contribution in [1.82, 2.24) is 24.5 Å². The maximum atomic E-state index is 11.8. The maximum Gasteiger partial charge on any atom is 0.330 e. The van der Waals surface area contributed by atoms with Crippen molar-refractivity contribution in [3.05, 3.63) is 45.4 Å². The molecule has 0 aromatic carbocycles. The zero-order valence-corrected chi connectivity index (χ0v) is 10.2. The molecule has 0 aliphatic rings. The lowest BCUT2D eigenvalue weighted by molar-refractivity contribution is 0.720. The summed E-state index contributed by atoms with van der Waals surface area (Å²) in [6, 6.07) is 3.56. The number of fused-ring (bicyclic) bond motifs is 1. The van der Waals surface area contributed by atoms with Gasteiger partial charge in [0, 0.05) is 24.5 Å². The molecule has 0 radical (unpaired) electrons. The molecule has 0 bridgehead atoms. The van der Waals surface area contributed by atoms with Gasteiger partial charge in [-0.05, 0) is 19.1 Å². The second-order valence-corrected chi connectivity index (χ2v) is 4.02. The van der Waals surface area contributed by atoms with E-state index in [4.69, 9.17) is 0 Å². The van der Waals surface area contributed by atoms with Gasteiger partial charge in [-0.15, -0.1) is 0 Å². The van der Waals surface area contributed by atoms with Gasteiger partial charge in [-0.3, -0.25) is 19.3 Å².